The Bertz CT molecular complexity index is 607. The molecule has 3 nitrogen and oxygen atoms in total. The Morgan fingerprint density at radius 3 is 2.72 bits per heavy atom. The average Bonchev–Trinajstić information content (AvgIpc) is 2.73. The maximum Gasteiger partial charge on any atom is 0.347 e. The highest BCUT2D eigenvalue weighted by molar-refractivity contribution is 7.17. The standard InChI is InChI=1S/C13H12FNO2S/c1-3-10-11(13(16)17)18-12(15-10)9-5-4-8(14)6-7(9)2/h4-6H,3H2,1-2H3,(H,16,17). The third kappa shape index (κ3) is 2.26. The molecule has 1 heterocycles. The third-order valence-electron chi connectivity index (χ3n) is 2.65. The molecule has 0 saturated carbocycles. The fourth-order valence-corrected chi connectivity index (χ4v) is 2.82. The Hall–Kier alpha value is -1.75. The first-order valence-electron chi connectivity index (χ1n) is 5.52. The minimum atomic E-state index is -0.963. The molecule has 5 heteroatoms. The summed E-state index contributed by atoms with van der Waals surface area (Å²) in [4.78, 5) is 15.7. The van der Waals surface area contributed by atoms with E-state index in [9.17, 15) is 9.18 Å². The molecule has 0 saturated heterocycles. The highest BCUT2D eigenvalue weighted by Gasteiger charge is 2.17. The van der Waals surface area contributed by atoms with Gasteiger partial charge in [-0.15, -0.1) is 11.3 Å². The zero-order chi connectivity index (χ0) is 13.3. The second-order valence-corrected chi connectivity index (χ2v) is 4.91. The monoisotopic (exact) mass is 265 g/mol. The number of benzene rings is 1. The SMILES string of the molecule is CCc1nc(-c2ccc(F)cc2C)sc1C(=O)O. The van der Waals surface area contributed by atoms with E-state index >= 15 is 0 Å². The van der Waals surface area contributed by atoms with Gasteiger partial charge in [0, 0.05) is 5.56 Å². The molecule has 0 radical (unpaired) electrons. The largest absolute Gasteiger partial charge is 0.477 e. The molecule has 1 aromatic carbocycles. The summed E-state index contributed by atoms with van der Waals surface area (Å²) >= 11 is 1.13. The van der Waals surface area contributed by atoms with Crippen LogP contribution in [0.15, 0.2) is 18.2 Å². The van der Waals surface area contributed by atoms with Crippen molar-refractivity contribution in [3.8, 4) is 10.6 Å². The summed E-state index contributed by atoms with van der Waals surface area (Å²) in [6.45, 7) is 3.65. The van der Waals surface area contributed by atoms with E-state index < -0.39 is 5.97 Å². The normalized spacial score (nSPS) is 10.6. The number of aromatic nitrogens is 1. The van der Waals surface area contributed by atoms with E-state index in [2.05, 4.69) is 4.98 Å². The summed E-state index contributed by atoms with van der Waals surface area (Å²) in [5, 5.41) is 9.71. The molecule has 0 unspecified atom stereocenters. The summed E-state index contributed by atoms with van der Waals surface area (Å²) in [5.74, 6) is -1.27. The highest BCUT2D eigenvalue weighted by Crippen LogP contribution is 2.31. The Morgan fingerprint density at radius 1 is 1.50 bits per heavy atom. The van der Waals surface area contributed by atoms with Crippen LogP contribution in [0.2, 0.25) is 0 Å². The van der Waals surface area contributed by atoms with E-state index in [1.165, 1.54) is 12.1 Å². The van der Waals surface area contributed by atoms with Crippen molar-refractivity contribution in [3.05, 3.63) is 40.2 Å². The quantitative estimate of drug-likeness (QED) is 0.923. The number of carboxylic acid groups (broad SMARTS) is 1. The van der Waals surface area contributed by atoms with E-state index in [0.717, 1.165) is 22.5 Å². The van der Waals surface area contributed by atoms with Gasteiger partial charge in [-0.25, -0.2) is 14.2 Å². The smallest absolute Gasteiger partial charge is 0.347 e. The number of thiazole rings is 1. The Kier molecular flexibility index (Phi) is 3.43. The van der Waals surface area contributed by atoms with Crippen LogP contribution in [0.3, 0.4) is 0 Å². The molecule has 0 bridgehead atoms. The van der Waals surface area contributed by atoms with Crippen molar-refractivity contribution in [2.24, 2.45) is 0 Å². The third-order valence-corrected chi connectivity index (χ3v) is 3.76. The van der Waals surface area contributed by atoms with Crippen molar-refractivity contribution >= 4 is 17.3 Å². The van der Waals surface area contributed by atoms with Gasteiger partial charge in [0.25, 0.3) is 0 Å². The summed E-state index contributed by atoms with van der Waals surface area (Å²) in [7, 11) is 0. The molecule has 0 aliphatic carbocycles. The number of halogens is 1. The van der Waals surface area contributed by atoms with Gasteiger partial charge in [0.05, 0.1) is 5.69 Å². The molecule has 2 rings (SSSR count). The van der Waals surface area contributed by atoms with Gasteiger partial charge in [0.1, 0.15) is 15.7 Å². The van der Waals surface area contributed by atoms with Crippen LogP contribution >= 0.6 is 11.3 Å². The van der Waals surface area contributed by atoms with Crippen molar-refractivity contribution in [1.82, 2.24) is 4.98 Å². The summed E-state index contributed by atoms with van der Waals surface area (Å²) in [6.07, 6.45) is 0.568. The molecule has 2 aromatic rings. The predicted octanol–water partition coefficient (Wildman–Crippen LogP) is 3.52. The van der Waals surface area contributed by atoms with Gasteiger partial charge in [-0.2, -0.15) is 0 Å². The van der Waals surface area contributed by atoms with Crippen molar-refractivity contribution in [1.29, 1.82) is 0 Å². The van der Waals surface area contributed by atoms with Crippen LogP contribution in [-0.4, -0.2) is 16.1 Å². The van der Waals surface area contributed by atoms with Crippen LogP contribution in [0.1, 0.15) is 27.9 Å². The minimum absolute atomic E-state index is 0.260. The van der Waals surface area contributed by atoms with E-state index in [4.69, 9.17) is 5.11 Å². The first-order valence-corrected chi connectivity index (χ1v) is 6.34. The van der Waals surface area contributed by atoms with Crippen LogP contribution in [0.25, 0.3) is 10.6 Å². The Morgan fingerprint density at radius 2 is 2.22 bits per heavy atom. The van der Waals surface area contributed by atoms with Gasteiger partial charge in [-0.3, -0.25) is 0 Å². The molecule has 1 aromatic heterocycles. The second-order valence-electron chi connectivity index (χ2n) is 3.91. The lowest BCUT2D eigenvalue weighted by atomic mass is 10.1. The number of carboxylic acids is 1. The molecule has 18 heavy (non-hydrogen) atoms. The van der Waals surface area contributed by atoms with Crippen LogP contribution in [0, 0.1) is 12.7 Å². The predicted molar refractivity (Wildman–Crippen MR) is 68.6 cm³/mol. The molecule has 0 atom stereocenters. The maximum atomic E-state index is 13.0. The lowest BCUT2D eigenvalue weighted by molar-refractivity contribution is 0.0701. The highest BCUT2D eigenvalue weighted by atomic mass is 32.1. The van der Waals surface area contributed by atoms with E-state index in [1.54, 1.807) is 13.0 Å². The molecule has 1 N–H and O–H groups in total. The molecule has 94 valence electrons. The lowest BCUT2D eigenvalue weighted by Crippen LogP contribution is -1.97. The zero-order valence-electron chi connectivity index (χ0n) is 10.0. The summed E-state index contributed by atoms with van der Waals surface area (Å²) < 4.78 is 13.0. The van der Waals surface area contributed by atoms with Gasteiger partial charge in [-0.05, 0) is 37.1 Å². The number of carbonyl (C=O) groups is 1. The van der Waals surface area contributed by atoms with E-state index in [0.29, 0.717) is 17.1 Å². The molecule has 0 fully saturated rings. The van der Waals surface area contributed by atoms with E-state index in [1.807, 2.05) is 6.92 Å². The Balaban J connectivity index is 2.54. The van der Waals surface area contributed by atoms with Crippen molar-refractivity contribution < 1.29 is 14.3 Å². The van der Waals surface area contributed by atoms with Crippen molar-refractivity contribution in [3.63, 3.8) is 0 Å². The van der Waals surface area contributed by atoms with Gasteiger partial charge in [0.2, 0.25) is 0 Å². The topological polar surface area (TPSA) is 50.2 Å². The summed E-state index contributed by atoms with van der Waals surface area (Å²) in [6, 6.07) is 4.41. The first-order chi connectivity index (χ1) is 8.52. The van der Waals surface area contributed by atoms with Crippen molar-refractivity contribution in [2.45, 2.75) is 20.3 Å². The maximum absolute atomic E-state index is 13.0. The average molecular weight is 265 g/mol. The minimum Gasteiger partial charge on any atom is -0.477 e. The fourth-order valence-electron chi connectivity index (χ4n) is 1.74. The van der Waals surface area contributed by atoms with Gasteiger partial charge >= 0.3 is 5.97 Å². The van der Waals surface area contributed by atoms with Crippen LogP contribution in [0.4, 0.5) is 4.39 Å². The van der Waals surface area contributed by atoms with Gasteiger partial charge in [-0.1, -0.05) is 6.92 Å². The number of hydrogen-bond acceptors (Lipinski definition) is 3. The molecular weight excluding hydrogens is 253 g/mol. The lowest BCUT2D eigenvalue weighted by Gasteiger charge is -2.01. The molecule has 0 amide bonds. The van der Waals surface area contributed by atoms with Gasteiger partial charge < -0.3 is 5.11 Å². The van der Waals surface area contributed by atoms with Gasteiger partial charge in [0.15, 0.2) is 0 Å². The molecule has 0 aliphatic heterocycles. The number of hydrogen-bond donors (Lipinski definition) is 1. The molecular formula is C13H12FNO2S. The van der Waals surface area contributed by atoms with Crippen LogP contribution < -0.4 is 0 Å². The summed E-state index contributed by atoms with van der Waals surface area (Å²) in [5.41, 5.74) is 2.11. The first kappa shape index (κ1) is 12.7. The van der Waals surface area contributed by atoms with E-state index in [-0.39, 0.29) is 10.7 Å². The number of aryl methyl sites for hydroxylation is 2. The van der Waals surface area contributed by atoms with Crippen LogP contribution in [0.5, 0.6) is 0 Å². The number of nitrogens with zero attached hydrogens (tertiary/aromatic N) is 1. The van der Waals surface area contributed by atoms with Crippen LogP contribution in [-0.2, 0) is 6.42 Å². The fraction of sp³-hybridized carbons (Fsp3) is 0.231. The second kappa shape index (κ2) is 4.86. The number of rotatable bonds is 3. The number of aromatic carboxylic acids is 1. The van der Waals surface area contributed by atoms with Crippen molar-refractivity contribution in [2.75, 3.05) is 0 Å². The molecule has 0 spiro atoms. The zero-order valence-corrected chi connectivity index (χ0v) is 10.8. The molecule has 0 aliphatic rings. The Labute approximate surface area is 108 Å².